The smallest absolute Gasteiger partial charge is 0.382 e. The molecule has 0 aliphatic carbocycles. The summed E-state index contributed by atoms with van der Waals surface area (Å²) in [6, 6.07) is 4.02. The van der Waals surface area contributed by atoms with E-state index in [-0.39, 0.29) is 23.3 Å². The monoisotopic (exact) mass is 307 g/mol. The second kappa shape index (κ2) is 5.82. The molecule has 1 aliphatic rings. The Bertz CT molecular complexity index is 468. The Morgan fingerprint density at radius 1 is 1.20 bits per heavy atom. The minimum Gasteiger partial charge on any atom is -0.382 e. The molecule has 2 unspecified atom stereocenters. The molecule has 0 amide bonds. The van der Waals surface area contributed by atoms with Gasteiger partial charge < -0.3 is 10.1 Å². The van der Waals surface area contributed by atoms with Crippen LogP contribution in [0.4, 0.5) is 18.9 Å². The van der Waals surface area contributed by atoms with Gasteiger partial charge in [0.05, 0.1) is 22.8 Å². The Morgan fingerprint density at radius 3 is 2.35 bits per heavy atom. The second-order valence-electron chi connectivity index (χ2n) is 5.26. The Balaban J connectivity index is 2.14. The molecule has 112 valence electrons. The van der Waals surface area contributed by atoms with Crippen LogP contribution in [0.1, 0.15) is 32.3 Å². The van der Waals surface area contributed by atoms with Crippen molar-refractivity contribution in [1.82, 2.24) is 0 Å². The lowest BCUT2D eigenvalue weighted by Crippen LogP contribution is -2.36. The van der Waals surface area contributed by atoms with Crippen LogP contribution in [0.25, 0.3) is 0 Å². The van der Waals surface area contributed by atoms with Gasteiger partial charge in [0.1, 0.15) is 0 Å². The van der Waals surface area contributed by atoms with Gasteiger partial charge in [-0.1, -0.05) is 11.6 Å². The molecule has 1 saturated heterocycles. The average Bonchev–Trinajstić information content (AvgIpc) is 2.29. The van der Waals surface area contributed by atoms with Crippen molar-refractivity contribution in [2.24, 2.45) is 0 Å². The summed E-state index contributed by atoms with van der Waals surface area (Å²) in [5, 5.41) is 2.86. The molecule has 6 heteroatoms. The summed E-state index contributed by atoms with van der Waals surface area (Å²) >= 11 is 5.60. The minimum atomic E-state index is -4.44. The largest absolute Gasteiger partial charge is 0.417 e. The number of anilines is 1. The first-order chi connectivity index (χ1) is 9.25. The van der Waals surface area contributed by atoms with Crippen molar-refractivity contribution in [1.29, 1.82) is 0 Å². The maximum Gasteiger partial charge on any atom is 0.417 e. The lowest BCUT2D eigenvalue weighted by atomic mass is 9.99. The van der Waals surface area contributed by atoms with E-state index < -0.39 is 11.7 Å². The molecule has 0 spiro atoms. The van der Waals surface area contributed by atoms with E-state index in [1.807, 2.05) is 13.8 Å². The van der Waals surface area contributed by atoms with Crippen LogP contribution in [-0.2, 0) is 10.9 Å². The number of hydrogen-bond donors (Lipinski definition) is 1. The van der Waals surface area contributed by atoms with Gasteiger partial charge in [-0.2, -0.15) is 13.2 Å². The number of benzene rings is 1. The zero-order valence-corrected chi connectivity index (χ0v) is 12.1. The summed E-state index contributed by atoms with van der Waals surface area (Å²) in [6.07, 6.45) is -2.69. The zero-order valence-electron chi connectivity index (χ0n) is 11.3. The van der Waals surface area contributed by atoms with E-state index in [1.165, 1.54) is 6.07 Å². The highest BCUT2D eigenvalue weighted by Gasteiger charge is 2.33. The topological polar surface area (TPSA) is 21.3 Å². The number of nitrogens with one attached hydrogen (secondary N) is 1. The summed E-state index contributed by atoms with van der Waals surface area (Å²) in [6.45, 7) is 3.93. The van der Waals surface area contributed by atoms with Crippen molar-refractivity contribution in [3.8, 4) is 0 Å². The first-order valence-corrected chi connectivity index (χ1v) is 6.92. The molecule has 0 aromatic heterocycles. The third kappa shape index (κ3) is 3.79. The highest BCUT2D eigenvalue weighted by Crippen LogP contribution is 2.36. The third-order valence-corrected chi connectivity index (χ3v) is 3.67. The van der Waals surface area contributed by atoms with Crippen molar-refractivity contribution < 1.29 is 17.9 Å². The summed E-state index contributed by atoms with van der Waals surface area (Å²) in [5.74, 6) is 0. The van der Waals surface area contributed by atoms with Gasteiger partial charge in [-0.3, -0.25) is 0 Å². The minimum absolute atomic E-state index is 0.102. The Kier molecular flexibility index (Phi) is 4.49. The molecule has 2 atom stereocenters. The molecular formula is C14H17ClF3NO. The van der Waals surface area contributed by atoms with Gasteiger partial charge in [-0.15, -0.1) is 0 Å². The van der Waals surface area contributed by atoms with Crippen LogP contribution in [-0.4, -0.2) is 18.2 Å². The van der Waals surface area contributed by atoms with Crippen molar-refractivity contribution in [2.75, 3.05) is 5.32 Å². The Hall–Kier alpha value is -0.940. The lowest BCUT2D eigenvalue weighted by Gasteiger charge is -2.33. The third-order valence-electron chi connectivity index (χ3n) is 3.34. The van der Waals surface area contributed by atoms with Crippen LogP contribution in [0.3, 0.4) is 0 Å². The van der Waals surface area contributed by atoms with Gasteiger partial charge in [-0.25, -0.2) is 0 Å². The summed E-state index contributed by atoms with van der Waals surface area (Å²) in [7, 11) is 0. The Labute approximate surface area is 121 Å². The predicted octanol–water partition coefficient (Wildman–Crippen LogP) is 4.73. The summed E-state index contributed by atoms with van der Waals surface area (Å²) < 4.78 is 44.0. The van der Waals surface area contributed by atoms with E-state index in [4.69, 9.17) is 16.3 Å². The number of rotatable bonds is 2. The van der Waals surface area contributed by atoms with Gasteiger partial charge in [0, 0.05) is 11.7 Å². The van der Waals surface area contributed by atoms with Crippen molar-refractivity contribution >= 4 is 17.3 Å². The first-order valence-electron chi connectivity index (χ1n) is 6.54. The fourth-order valence-electron chi connectivity index (χ4n) is 2.59. The van der Waals surface area contributed by atoms with Crippen LogP contribution < -0.4 is 5.32 Å². The fraction of sp³-hybridized carbons (Fsp3) is 0.571. The van der Waals surface area contributed by atoms with Gasteiger partial charge in [0.2, 0.25) is 0 Å². The van der Waals surface area contributed by atoms with Crippen molar-refractivity contribution in [2.45, 2.75) is 51.1 Å². The van der Waals surface area contributed by atoms with E-state index in [0.29, 0.717) is 5.69 Å². The van der Waals surface area contributed by atoms with Crippen LogP contribution in [0.15, 0.2) is 18.2 Å². The quantitative estimate of drug-likeness (QED) is 0.853. The summed E-state index contributed by atoms with van der Waals surface area (Å²) in [5.41, 5.74) is -0.370. The molecule has 0 radical (unpaired) electrons. The number of hydrogen-bond acceptors (Lipinski definition) is 2. The van der Waals surface area contributed by atoms with Crippen LogP contribution in [0.2, 0.25) is 5.02 Å². The predicted molar refractivity (Wildman–Crippen MR) is 73.1 cm³/mol. The molecule has 1 aromatic carbocycles. The maximum atomic E-state index is 12.8. The molecule has 2 nitrogen and oxygen atoms in total. The highest BCUT2D eigenvalue weighted by atomic mass is 35.5. The molecule has 1 fully saturated rings. The second-order valence-corrected chi connectivity index (χ2v) is 5.67. The molecule has 0 bridgehead atoms. The number of alkyl halides is 3. The average molecular weight is 308 g/mol. The highest BCUT2D eigenvalue weighted by molar-refractivity contribution is 6.31. The van der Waals surface area contributed by atoms with Gasteiger partial charge >= 0.3 is 6.18 Å². The van der Waals surface area contributed by atoms with E-state index in [0.717, 1.165) is 18.9 Å². The van der Waals surface area contributed by atoms with Crippen LogP contribution in [0, 0.1) is 0 Å². The molecule has 1 N–H and O–H groups in total. The van der Waals surface area contributed by atoms with E-state index >= 15 is 0 Å². The van der Waals surface area contributed by atoms with Crippen LogP contribution in [0.5, 0.6) is 0 Å². The standard InChI is InChI=1S/C14H17ClF3NO/c1-8-5-11(6-9(2)20-8)19-10-3-4-13(15)12(7-10)14(16,17)18/h3-4,7-9,11,19H,5-6H2,1-2H3. The van der Waals surface area contributed by atoms with Crippen LogP contribution >= 0.6 is 11.6 Å². The van der Waals surface area contributed by atoms with Gasteiger partial charge in [-0.05, 0) is 44.9 Å². The number of ether oxygens (including phenoxy) is 1. The summed E-state index contributed by atoms with van der Waals surface area (Å²) in [4.78, 5) is 0. The SMILES string of the molecule is CC1CC(Nc2ccc(Cl)c(C(F)(F)F)c2)CC(C)O1. The molecular weight excluding hydrogens is 291 g/mol. The molecule has 1 heterocycles. The molecule has 0 saturated carbocycles. The van der Waals surface area contributed by atoms with Gasteiger partial charge in [0.15, 0.2) is 0 Å². The van der Waals surface area contributed by atoms with Gasteiger partial charge in [0.25, 0.3) is 0 Å². The van der Waals surface area contributed by atoms with Crippen molar-refractivity contribution in [3.05, 3.63) is 28.8 Å². The van der Waals surface area contributed by atoms with E-state index in [1.54, 1.807) is 6.07 Å². The maximum absolute atomic E-state index is 12.8. The zero-order chi connectivity index (χ0) is 14.9. The molecule has 20 heavy (non-hydrogen) atoms. The van der Waals surface area contributed by atoms with E-state index in [2.05, 4.69) is 5.32 Å². The fourth-order valence-corrected chi connectivity index (χ4v) is 2.82. The molecule has 1 aliphatic heterocycles. The number of halogens is 4. The van der Waals surface area contributed by atoms with E-state index in [9.17, 15) is 13.2 Å². The first kappa shape index (κ1) is 15.4. The lowest BCUT2D eigenvalue weighted by molar-refractivity contribution is -0.137. The molecule has 1 aromatic rings. The normalized spacial score (nSPS) is 27.4. The van der Waals surface area contributed by atoms with Crippen molar-refractivity contribution in [3.63, 3.8) is 0 Å². The Morgan fingerprint density at radius 2 is 1.80 bits per heavy atom. The molecule has 2 rings (SSSR count).